The van der Waals surface area contributed by atoms with Gasteiger partial charge in [-0.1, -0.05) is 42.5 Å². The van der Waals surface area contributed by atoms with Gasteiger partial charge in [0.1, 0.15) is 6.54 Å². The second-order valence-electron chi connectivity index (χ2n) is 5.54. The molecule has 7 nitrogen and oxygen atoms in total. The number of hydrogen-bond acceptors (Lipinski definition) is 5. The summed E-state index contributed by atoms with van der Waals surface area (Å²) in [7, 11) is -3.57. The lowest BCUT2D eigenvalue weighted by atomic mass is 10.2. The molecule has 0 aliphatic carbocycles. The number of nitrogens with one attached hydrogen (secondary N) is 1. The molecule has 0 aliphatic heterocycles. The van der Waals surface area contributed by atoms with E-state index in [4.69, 9.17) is 4.84 Å². The van der Waals surface area contributed by atoms with Crippen LogP contribution in [0, 0.1) is 0 Å². The van der Waals surface area contributed by atoms with E-state index >= 15 is 0 Å². The molecule has 0 saturated carbocycles. The Morgan fingerprint density at radius 3 is 2.52 bits per heavy atom. The van der Waals surface area contributed by atoms with E-state index in [-0.39, 0.29) is 18.3 Å². The quantitative estimate of drug-likeness (QED) is 0.677. The first-order valence-corrected chi connectivity index (χ1v) is 9.44. The van der Waals surface area contributed by atoms with Gasteiger partial charge in [-0.05, 0) is 17.7 Å². The van der Waals surface area contributed by atoms with E-state index in [2.05, 4.69) is 10.5 Å². The van der Waals surface area contributed by atoms with Crippen LogP contribution < -0.4 is 5.48 Å². The van der Waals surface area contributed by atoms with Gasteiger partial charge in [0.05, 0.1) is 17.6 Å². The number of para-hydroxylation sites is 2. The fourth-order valence-corrected chi connectivity index (χ4v) is 3.27. The molecule has 8 heteroatoms. The Balaban J connectivity index is 1.74. The van der Waals surface area contributed by atoms with Crippen LogP contribution in [0.4, 0.5) is 0 Å². The van der Waals surface area contributed by atoms with Gasteiger partial charge in [0.25, 0.3) is 5.91 Å². The molecule has 1 amide bonds. The fraction of sp³-hybridized carbons (Fsp3) is 0.176. The van der Waals surface area contributed by atoms with Gasteiger partial charge >= 0.3 is 0 Å². The summed E-state index contributed by atoms with van der Waals surface area (Å²) in [6, 6.07) is 16.3. The van der Waals surface area contributed by atoms with Gasteiger partial charge in [-0.2, -0.15) is 0 Å². The van der Waals surface area contributed by atoms with Crippen molar-refractivity contribution < 1.29 is 18.0 Å². The van der Waals surface area contributed by atoms with E-state index in [0.717, 1.165) is 11.8 Å². The minimum atomic E-state index is -3.57. The number of fused-ring (bicyclic) bond motifs is 1. The first-order valence-electron chi connectivity index (χ1n) is 7.55. The van der Waals surface area contributed by atoms with Crippen molar-refractivity contribution in [1.82, 2.24) is 15.0 Å². The number of benzene rings is 2. The number of sulfone groups is 1. The molecule has 0 atom stereocenters. The molecule has 0 unspecified atom stereocenters. The van der Waals surface area contributed by atoms with Crippen LogP contribution >= 0.6 is 0 Å². The van der Waals surface area contributed by atoms with Gasteiger partial charge in [-0.25, -0.2) is 18.9 Å². The number of carbonyl (C=O) groups excluding carboxylic acids is 1. The van der Waals surface area contributed by atoms with Crippen molar-refractivity contribution in [2.24, 2.45) is 0 Å². The summed E-state index contributed by atoms with van der Waals surface area (Å²) < 4.78 is 25.3. The Morgan fingerprint density at radius 1 is 1.12 bits per heavy atom. The normalized spacial score (nSPS) is 11.6. The standard InChI is InChI=1S/C17H17N3O4S/c1-25(22,23)17-18-14-9-5-6-10-15(14)20(17)11-16(21)19-24-12-13-7-3-2-4-8-13/h2-10H,11-12H2,1H3,(H,19,21). The summed E-state index contributed by atoms with van der Waals surface area (Å²) in [4.78, 5) is 21.4. The third kappa shape index (κ3) is 4.04. The number of carbonyl (C=O) groups is 1. The summed E-state index contributed by atoms with van der Waals surface area (Å²) in [6.07, 6.45) is 1.06. The molecule has 25 heavy (non-hydrogen) atoms. The van der Waals surface area contributed by atoms with E-state index in [9.17, 15) is 13.2 Å². The van der Waals surface area contributed by atoms with Crippen LogP contribution in [0.5, 0.6) is 0 Å². The number of imidazole rings is 1. The predicted octanol–water partition coefficient (Wildman–Crippen LogP) is 1.69. The number of amides is 1. The molecular formula is C17H17N3O4S. The molecule has 1 aromatic heterocycles. The van der Waals surface area contributed by atoms with Crippen molar-refractivity contribution in [2.75, 3.05) is 6.26 Å². The number of hydroxylamine groups is 1. The molecule has 1 heterocycles. The highest BCUT2D eigenvalue weighted by molar-refractivity contribution is 7.90. The zero-order chi connectivity index (χ0) is 17.9. The smallest absolute Gasteiger partial charge is 0.263 e. The van der Waals surface area contributed by atoms with Gasteiger partial charge in [0.15, 0.2) is 0 Å². The van der Waals surface area contributed by atoms with E-state index < -0.39 is 15.7 Å². The molecule has 1 N–H and O–H groups in total. The Labute approximate surface area is 145 Å². The Morgan fingerprint density at radius 2 is 1.80 bits per heavy atom. The molecule has 0 bridgehead atoms. The average Bonchev–Trinajstić information content (AvgIpc) is 2.95. The highest BCUT2D eigenvalue weighted by Gasteiger charge is 2.20. The van der Waals surface area contributed by atoms with Crippen LogP contribution in [0.15, 0.2) is 59.8 Å². The molecular weight excluding hydrogens is 342 g/mol. The number of nitrogens with zero attached hydrogens (tertiary/aromatic N) is 2. The number of rotatable bonds is 6. The third-order valence-electron chi connectivity index (χ3n) is 3.52. The lowest BCUT2D eigenvalue weighted by Crippen LogP contribution is -2.28. The van der Waals surface area contributed by atoms with Gasteiger partial charge in [-0.3, -0.25) is 9.63 Å². The topological polar surface area (TPSA) is 90.3 Å². The minimum Gasteiger partial charge on any atom is -0.305 e. The third-order valence-corrected chi connectivity index (χ3v) is 4.50. The molecule has 130 valence electrons. The van der Waals surface area contributed by atoms with Gasteiger partial charge in [-0.15, -0.1) is 0 Å². The molecule has 0 saturated heterocycles. The van der Waals surface area contributed by atoms with E-state index in [1.165, 1.54) is 4.57 Å². The van der Waals surface area contributed by atoms with Crippen LogP contribution in [0.3, 0.4) is 0 Å². The Hall–Kier alpha value is -2.71. The van der Waals surface area contributed by atoms with Crippen LogP contribution in [-0.4, -0.2) is 30.1 Å². The van der Waals surface area contributed by atoms with Gasteiger partial charge < -0.3 is 4.57 Å². The van der Waals surface area contributed by atoms with E-state index in [1.54, 1.807) is 24.3 Å². The molecule has 0 spiro atoms. The van der Waals surface area contributed by atoms with Crippen molar-refractivity contribution in [3.63, 3.8) is 0 Å². The lowest BCUT2D eigenvalue weighted by Gasteiger charge is -2.09. The summed E-state index contributed by atoms with van der Waals surface area (Å²) in [5.41, 5.74) is 4.33. The highest BCUT2D eigenvalue weighted by atomic mass is 32.2. The lowest BCUT2D eigenvalue weighted by molar-refractivity contribution is -0.135. The predicted molar refractivity (Wildman–Crippen MR) is 92.2 cm³/mol. The molecule has 0 aliphatic rings. The van der Waals surface area contributed by atoms with Crippen molar-refractivity contribution >= 4 is 26.8 Å². The van der Waals surface area contributed by atoms with Crippen LogP contribution in [-0.2, 0) is 32.6 Å². The molecule has 0 radical (unpaired) electrons. The number of aromatic nitrogens is 2. The zero-order valence-electron chi connectivity index (χ0n) is 13.5. The summed E-state index contributed by atoms with van der Waals surface area (Å²) in [5, 5.41) is -0.146. The Bertz CT molecular complexity index is 997. The molecule has 0 fully saturated rings. The average molecular weight is 359 g/mol. The first kappa shape index (κ1) is 17.1. The summed E-state index contributed by atoms with van der Waals surface area (Å²) >= 11 is 0. The largest absolute Gasteiger partial charge is 0.305 e. The van der Waals surface area contributed by atoms with Gasteiger partial charge in [0, 0.05) is 6.26 Å². The monoisotopic (exact) mass is 359 g/mol. The van der Waals surface area contributed by atoms with Crippen molar-refractivity contribution in [3.05, 3.63) is 60.2 Å². The second kappa shape index (κ2) is 7.04. The minimum absolute atomic E-state index is 0.146. The maximum atomic E-state index is 12.1. The van der Waals surface area contributed by atoms with Crippen LogP contribution in [0.2, 0.25) is 0 Å². The fourth-order valence-electron chi connectivity index (χ4n) is 2.44. The summed E-state index contributed by atoms with van der Waals surface area (Å²) in [6.45, 7) is 0.00783. The van der Waals surface area contributed by atoms with Crippen LogP contribution in [0.25, 0.3) is 11.0 Å². The van der Waals surface area contributed by atoms with Crippen LogP contribution in [0.1, 0.15) is 5.56 Å². The molecule has 3 rings (SSSR count). The SMILES string of the molecule is CS(=O)(=O)c1nc2ccccc2n1CC(=O)NOCc1ccccc1. The van der Waals surface area contributed by atoms with E-state index in [1.807, 2.05) is 30.3 Å². The van der Waals surface area contributed by atoms with Crippen molar-refractivity contribution in [3.8, 4) is 0 Å². The van der Waals surface area contributed by atoms with Crippen molar-refractivity contribution in [2.45, 2.75) is 18.3 Å². The maximum absolute atomic E-state index is 12.1. The molecule has 3 aromatic rings. The van der Waals surface area contributed by atoms with Gasteiger partial charge in [0.2, 0.25) is 15.0 Å². The number of hydrogen-bond donors (Lipinski definition) is 1. The first-order chi connectivity index (χ1) is 11.9. The van der Waals surface area contributed by atoms with E-state index in [0.29, 0.717) is 11.0 Å². The highest BCUT2D eigenvalue weighted by Crippen LogP contribution is 2.19. The molecule has 2 aromatic carbocycles. The zero-order valence-corrected chi connectivity index (χ0v) is 14.4. The summed E-state index contributed by atoms with van der Waals surface area (Å²) in [5.74, 6) is -0.469. The van der Waals surface area contributed by atoms with Crippen molar-refractivity contribution in [1.29, 1.82) is 0 Å². The maximum Gasteiger partial charge on any atom is 0.263 e. The Kier molecular flexibility index (Phi) is 4.82. The second-order valence-corrected chi connectivity index (χ2v) is 7.45.